The number of nitrogens with zero attached hydrogens (tertiary/aromatic N) is 2. The molecule has 1 heterocycles. The first-order chi connectivity index (χ1) is 5.00. The summed E-state index contributed by atoms with van der Waals surface area (Å²) in [6.45, 7) is 0. The van der Waals surface area contributed by atoms with Crippen LogP contribution in [0.3, 0.4) is 0 Å². The first kappa shape index (κ1) is 9.05. The van der Waals surface area contributed by atoms with Gasteiger partial charge >= 0.3 is 3.93 Å². The Bertz CT molecular complexity index is 263. The van der Waals surface area contributed by atoms with Gasteiger partial charge in [-0.1, -0.05) is 11.6 Å². The second-order valence-corrected chi connectivity index (χ2v) is 3.47. The molecule has 1 rings (SSSR count). The lowest BCUT2D eigenvalue weighted by molar-refractivity contribution is 0.122. The van der Waals surface area contributed by atoms with Crippen molar-refractivity contribution < 1.29 is 8.78 Å². The van der Waals surface area contributed by atoms with Gasteiger partial charge < -0.3 is 0 Å². The van der Waals surface area contributed by atoms with Crippen LogP contribution >= 0.6 is 34.2 Å². The molecule has 0 unspecified atom stereocenters. The Morgan fingerprint density at radius 1 is 1.45 bits per heavy atom. The fraction of sp³-hybridized carbons (Fsp3) is 0.200. The molecule has 6 heteroatoms. The Hall–Kier alpha value is -0.0400. The van der Waals surface area contributed by atoms with Crippen LogP contribution in [0.5, 0.6) is 0 Å². The lowest BCUT2D eigenvalue weighted by Gasteiger charge is -2.05. The van der Waals surface area contributed by atoms with E-state index in [1.807, 2.05) is 0 Å². The van der Waals surface area contributed by atoms with Gasteiger partial charge in [0.2, 0.25) is 0 Å². The lowest BCUT2D eigenvalue weighted by atomic mass is 10.5. The smallest absolute Gasteiger partial charge is 0.259 e. The number of alkyl halides is 3. The number of hydrogen-bond acceptors (Lipinski definition) is 2. The predicted octanol–water partition coefficient (Wildman–Crippen LogP) is 2.61. The molecule has 1 aromatic heterocycles. The summed E-state index contributed by atoms with van der Waals surface area (Å²) in [5.74, 6) is 0. The number of aromatic nitrogens is 2. The van der Waals surface area contributed by atoms with Crippen molar-refractivity contribution in [3.05, 3.63) is 23.2 Å². The Balaban J connectivity index is 3.06. The van der Waals surface area contributed by atoms with Gasteiger partial charge in [0, 0.05) is 22.6 Å². The maximum Gasteiger partial charge on any atom is 0.339 e. The molecule has 0 radical (unpaired) electrons. The molecule has 0 aliphatic rings. The van der Waals surface area contributed by atoms with E-state index in [2.05, 4.69) is 9.97 Å². The van der Waals surface area contributed by atoms with Gasteiger partial charge in [-0.3, -0.25) is 4.98 Å². The van der Waals surface area contributed by atoms with Crippen molar-refractivity contribution in [1.82, 2.24) is 9.97 Å². The van der Waals surface area contributed by atoms with Crippen LogP contribution in [0.1, 0.15) is 5.69 Å². The highest BCUT2D eigenvalue weighted by Gasteiger charge is 2.29. The van der Waals surface area contributed by atoms with Crippen LogP contribution in [0.2, 0.25) is 5.15 Å². The van der Waals surface area contributed by atoms with E-state index in [9.17, 15) is 8.78 Å². The van der Waals surface area contributed by atoms with Crippen LogP contribution in [-0.2, 0) is 3.93 Å². The quantitative estimate of drug-likeness (QED) is 0.587. The van der Waals surface area contributed by atoms with E-state index in [4.69, 9.17) is 11.6 Å². The van der Waals surface area contributed by atoms with Crippen molar-refractivity contribution in [1.29, 1.82) is 0 Å². The molecule has 11 heavy (non-hydrogen) atoms. The first-order valence-corrected chi connectivity index (χ1v) is 4.00. The third-order valence-electron chi connectivity index (χ3n) is 0.896. The molecule has 1 aromatic rings. The summed E-state index contributed by atoms with van der Waals surface area (Å²) in [7, 11) is 0. The average Bonchev–Trinajstić information content (AvgIpc) is 1.86. The summed E-state index contributed by atoms with van der Waals surface area (Å²) in [5, 5.41) is -0.0289. The van der Waals surface area contributed by atoms with Gasteiger partial charge in [0.15, 0.2) is 0 Å². The second-order valence-electron chi connectivity index (χ2n) is 1.72. The highest BCUT2D eigenvalue weighted by Crippen LogP contribution is 2.33. The summed E-state index contributed by atoms with van der Waals surface area (Å²) < 4.78 is 21.9. The molecule has 0 saturated carbocycles. The fourth-order valence-corrected chi connectivity index (χ4v) is 0.886. The maximum atomic E-state index is 12.5. The minimum absolute atomic E-state index is 0.0289. The summed E-state index contributed by atoms with van der Waals surface area (Å²) in [6.07, 6.45) is 2.19. The van der Waals surface area contributed by atoms with E-state index < -0.39 is 9.62 Å². The second kappa shape index (κ2) is 3.14. The van der Waals surface area contributed by atoms with Gasteiger partial charge in [-0.25, -0.2) is 4.98 Å². The Morgan fingerprint density at radius 2 is 2.09 bits per heavy atom. The largest absolute Gasteiger partial charge is 0.339 e. The van der Waals surface area contributed by atoms with Crippen LogP contribution in [0.25, 0.3) is 0 Å². The van der Waals surface area contributed by atoms with Crippen molar-refractivity contribution in [3.8, 4) is 0 Å². The van der Waals surface area contributed by atoms with Gasteiger partial charge in [-0.15, -0.1) is 0 Å². The van der Waals surface area contributed by atoms with E-state index in [1.54, 1.807) is 0 Å². The topological polar surface area (TPSA) is 25.8 Å². The van der Waals surface area contributed by atoms with E-state index in [1.165, 1.54) is 6.20 Å². The molecule has 0 atom stereocenters. The normalized spacial score (nSPS) is 11.6. The SMILES string of the molecule is FC(F)(I)c1cncc(Cl)n1. The molecule has 0 aliphatic heterocycles. The number of rotatable bonds is 1. The Morgan fingerprint density at radius 3 is 2.45 bits per heavy atom. The van der Waals surface area contributed by atoms with Gasteiger partial charge in [-0.2, -0.15) is 8.78 Å². The molecule has 2 nitrogen and oxygen atoms in total. The third kappa shape index (κ3) is 2.48. The van der Waals surface area contributed by atoms with Gasteiger partial charge in [-0.05, 0) is 0 Å². The minimum Gasteiger partial charge on any atom is -0.259 e. The minimum atomic E-state index is -3.00. The fourth-order valence-electron chi connectivity index (χ4n) is 0.479. The zero-order chi connectivity index (χ0) is 8.48. The maximum absolute atomic E-state index is 12.5. The third-order valence-corrected chi connectivity index (χ3v) is 1.63. The Kier molecular flexibility index (Phi) is 2.58. The van der Waals surface area contributed by atoms with Crippen molar-refractivity contribution in [3.63, 3.8) is 0 Å². The number of hydrogen-bond donors (Lipinski definition) is 0. The molecule has 0 aromatic carbocycles. The van der Waals surface area contributed by atoms with E-state index in [0.717, 1.165) is 28.8 Å². The molecule has 0 saturated heterocycles. The van der Waals surface area contributed by atoms with Crippen molar-refractivity contribution in [2.24, 2.45) is 0 Å². The van der Waals surface area contributed by atoms with Crippen LogP contribution in [0, 0.1) is 0 Å². The van der Waals surface area contributed by atoms with Crippen molar-refractivity contribution in [2.75, 3.05) is 0 Å². The van der Waals surface area contributed by atoms with Crippen LogP contribution in [0.15, 0.2) is 12.4 Å². The van der Waals surface area contributed by atoms with Crippen molar-refractivity contribution >= 4 is 34.2 Å². The molecular formula is C5H2ClF2IN2. The number of halogens is 4. The molecule has 0 N–H and O–H groups in total. The molecule has 60 valence electrons. The van der Waals surface area contributed by atoms with Gasteiger partial charge in [0.25, 0.3) is 0 Å². The van der Waals surface area contributed by atoms with Gasteiger partial charge in [0.1, 0.15) is 10.8 Å². The molecule has 0 aliphatic carbocycles. The predicted molar refractivity (Wildman–Crippen MR) is 45.0 cm³/mol. The molecule has 0 amide bonds. The van der Waals surface area contributed by atoms with E-state index in [0.29, 0.717) is 0 Å². The Labute approximate surface area is 80.1 Å². The monoisotopic (exact) mass is 290 g/mol. The standard InChI is InChI=1S/C5H2ClF2IN2/c6-4-2-10-1-3(11-4)5(7,8)9/h1-2H. The highest BCUT2D eigenvalue weighted by atomic mass is 127. The molecule has 0 bridgehead atoms. The lowest BCUT2D eigenvalue weighted by Crippen LogP contribution is -2.05. The zero-order valence-electron chi connectivity index (χ0n) is 5.06. The first-order valence-electron chi connectivity index (χ1n) is 2.55. The van der Waals surface area contributed by atoms with E-state index in [-0.39, 0.29) is 5.15 Å². The zero-order valence-corrected chi connectivity index (χ0v) is 7.97. The van der Waals surface area contributed by atoms with Crippen LogP contribution in [0.4, 0.5) is 8.78 Å². The summed E-state index contributed by atoms with van der Waals surface area (Å²) in [6, 6.07) is 0. The van der Waals surface area contributed by atoms with Crippen molar-refractivity contribution in [2.45, 2.75) is 3.93 Å². The van der Waals surface area contributed by atoms with Crippen LogP contribution in [-0.4, -0.2) is 9.97 Å². The summed E-state index contributed by atoms with van der Waals surface area (Å²) >= 11 is 6.31. The van der Waals surface area contributed by atoms with Crippen LogP contribution < -0.4 is 0 Å². The molecule has 0 spiro atoms. The van der Waals surface area contributed by atoms with E-state index >= 15 is 0 Å². The molecular weight excluding hydrogens is 288 g/mol. The van der Waals surface area contributed by atoms with Gasteiger partial charge in [0.05, 0.1) is 12.4 Å². The summed E-state index contributed by atoms with van der Waals surface area (Å²) in [4.78, 5) is 6.86. The average molecular weight is 290 g/mol. The summed E-state index contributed by atoms with van der Waals surface area (Å²) in [5.41, 5.74) is -0.425. The highest BCUT2D eigenvalue weighted by molar-refractivity contribution is 14.1. The molecule has 0 fully saturated rings.